The lowest BCUT2D eigenvalue weighted by molar-refractivity contribution is 0.256. The molecule has 0 radical (unpaired) electrons. The Morgan fingerprint density at radius 2 is 1.81 bits per heavy atom. The Hall–Kier alpha value is -2.79. The number of halogens is 1. The summed E-state index contributed by atoms with van der Waals surface area (Å²) in [6, 6.07) is 16.9. The normalized spacial score (nSPS) is 13.1. The molecule has 3 aromatic rings. The molecule has 0 saturated heterocycles. The van der Waals surface area contributed by atoms with Crippen molar-refractivity contribution in [2.45, 2.75) is 32.7 Å². The van der Waals surface area contributed by atoms with E-state index >= 15 is 0 Å². The molecule has 5 nitrogen and oxygen atoms in total. The van der Waals surface area contributed by atoms with Gasteiger partial charge in [-0.25, -0.2) is 9.48 Å². The number of hydrogen-bond acceptors (Lipinski definition) is 2. The molecular weight excluding hydrogens is 360 g/mol. The van der Waals surface area contributed by atoms with Gasteiger partial charge in [0.25, 0.3) is 0 Å². The van der Waals surface area contributed by atoms with Crippen molar-refractivity contribution in [1.29, 1.82) is 0 Å². The van der Waals surface area contributed by atoms with Crippen molar-refractivity contribution in [2.75, 3.05) is 10.2 Å². The Bertz CT molecular complexity index is 1000. The molecule has 0 bridgehead atoms. The van der Waals surface area contributed by atoms with Gasteiger partial charge in [-0.05, 0) is 35.9 Å². The third-order valence-electron chi connectivity index (χ3n) is 4.62. The summed E-state index contributed by atoms with van der Waals surface area (Å²) < 4.78 is 1.86. The SMILES string of the molecule is CC(C)(C)c1cc2n(n1)-c1ccccc1CN2C(=O)Nc1ccc(Cl)cc1. The number of nitrogens with zero attached hydrogens (tertiary/aromatic N) is 3. The van der Waals surface area contributed by atoms with Gasteiger partial charge < -0.3 is 5.32 Å². The van der Waals surface area contributed by atoms with Gasteiger partial charge in [-0.15, -0.1) is 0 Å². The quantitative estimate of drug-likeness (QED) is 0.616. The molecule has 0 atom stereocenters. The fraction of sp³-hybridized carbons (Fsp3) is 0.238. The van der Waals surface area contributed by atoms with E-state index in [1.165, 1.54) is 0 Å². The van der Waals surface area contributed by atoms with Crippen molar-refractivity contribution in [1.82, 2.24) is 9.78 Å². The molecular formula is C21H21ClN4O. The predicted octanol–water partition coefficient (Wildman–Crippen LogP) is 5.38. The predicted molar refractivity (Wildman–Crippen MR) is 109 cm³/mol. The Kier molecular flexibility index (Phi) is 4.19. The van der Waals surface area contributed by atoms with Crippen molar-refractivity contribution in [3.63, 3.8) is 0 Å². The number of carbonyl (C=O) groups excluding carboxylic acids is 1. The Morgan fingerprint density at radius 3 is 2.52 bits per heavy atom. The number of benzene rings is 2. The van der Waals surface area contributed by atoms with Crippen LogP contribution in [0.1, 0.15) is 32.0 Å². The summed E-state index contributed by atoms with van der Waals surface area (Å²) in [7, 11) is 0. The van der Waals surface area contributed by atoms with Crippen LogP contribution in [0.2, 0.25) is 5.02 Å². The molecule has 2 aromatic carbocycles. The molecule has 0 unspecified atom stereocenters. The van der Waals surface area contributed by atoms with Crippen molar-refractivity contribution in [2.24, 2.45) is 0 Å². The highest BCUT2D eigenvalue weighted by Gasteiger charge is 2.30. The first kappa shape index (κ1) is 17.6. The average Bonchev–Trinajstić information content (AvgIpc) is 3.09. The van der Waals surface area contributed by atoms with Gasteiger partial charge in [0, 0.05) is 22.2 Å². The second-order valence-corrected chi connectivity index (χ2v) is 8.14. The fourth-order valence-corrected chi connectivity index (χ4v) is 3.24. The van der Waals surface area contributed by atoms with E-state index in [0.29, 0.717) is 17.3 Å². The lowest BCUT2D eigenvalue weighted by Crippen LogP contribution is -2.38. The standard InChI is InChI=1S/C21H21ClN4O/c1-21(2,3)18-12-19-25(20(27)23-16-10-8-15(22)9-11-16)13-14-6-4-5-7-17(14)26(19)24-18/h4-12H,13H2,1-3H3,(H,23,27). The van der Waals surface area contributed by atoms with Crippen molar-refractivity contribution < 1.29 is 4.79 Å². The number of rotatable bonds is 1. The van der Waals surface area contributed by atoms with E-state index in [0.717, 1.165) is 22.8 Å². The second-order valence-electron chi connectivity index (χ2n) is 7.70. The molecule has 0 aliphatic carbocycles. The number of anilines is 2. The summed E-state index contributed by atoms with van der Waals surface area (Å²) in [5.41, 5.74) is 3.60. The number of nitrogens with one attached hydrogen (secondary N) is 1. The molecule has 0 spiro atoms. The minimum absolute atomic E-state index is 0.113. The van der Waals surface area contributed by atoms with Crippen molar-refractivity contribution in [3.05, 3.63) is 70.9 Å². The third kappa shape index (κ3) is 3.30. The van der Waals surface area contributed by atoms with E-state index in [4.69, 9.17) is 16.7 Å². The molecule has 138 valence electrons. The van der Waals surface area contributed by atoms with Gasteiger partial charge in [-0.1, -0.05) is 50.6 Å². The van der Waals surface area contributed by atoms with Crippen LogP contribution in [0.4, 0.5) is 16.3 Å². The van der Waals surface area contributed by atoms with E-state index in [1.807, 2.05) is 35.0 Å². The topological polar surface area (TPSA) is 50.2 Å². The molecule has 0 saturated carbocycles. The maximum atomic E-state index is 13.0. The van der Waals surface area contributed by atoms with E-state index < -0.39 is 0 Å². The molecule has 1 N–H and O–H groups in total. The molecule has 27 heavy (non-hydrogen) atoms. The second kappa shape index (κ2) is 6.43. The maximum absolute atomic E-state index is 13.0. The first-order chi connectivity index (χ1) is 12.8. The number of carbonyl (C=O) groups is 1. The van der Waals surface area contributed by atoms with E-state index in [2.05, 4.69) is 26.1 Å². The highest BCUT2D eigenvalue weighted by molar-refractivity contribution is 6.30. The number of para-hydroxylation sites is 1. The van der Waals surface area contributed by atoms with Gasteiger partial charge in [0.1, 0.15) is 5.82 Å². The van der Waals surface area contributed by atoms with E-state index in [-0.39, 0.29) is 11.4 Å². The molecule has 4 rings (SSSR count). The smallest absolute Gasteiger partial charge is 0.307 e. The van der Waals surface area contributed by atoms with Crippen LogP contribution < -0.4 is 10.2 Å². The van der Waals surface area contributed by atoms with Crippen LogP contribution in [0.3, 0.4) is 0 Å². The number of fused-ring (bicyclic) bond motifs is 3. The Labute approximate surface area is 163 Å². The summed E-state index contributed by atoms with van der Waals surface area (Å²) in [6.07, 6.45) is 0. The Morgan fingerprint density at radius 1 is 1.11 bits per heavy atom. The van der Waals surface area contributed by atoms with Crippen LogP contribution in [-0.4, -0.2) is 15.8 Å². The molecule has 6 heteroatoms. The monoisotopic (exact) mass is 380 g/mol. The lowest BCUT2D eigenvalue weighted by Gasteiger charge is -2.29. The van der Waals surface area contributed by atoms with Gasteiger partial charge in [0.2, 0.25) is 0 Å². The molecule has 2 amide bonds. The molecule has 2 heterocycles. The zero-order chi connectivity index (χ0) is 19.2. The van der Waals surface area contributed by atoms with Crippen LogP contribution in [0.15, 0.2) is 54.6 Å². The van der Waals surface area contributed by atoms with E-state index in [1.54, 1.807) is 29.2 Å². The van der Waals surface area contributed by atoms with Gasteiger partial charge in [0.15, 0.2) is 0 Å². The highest BCUT2D eigenvalue weighted by Crippen LogP contribution is 2.34. The van der Waals surface area contributed by atoms with Gasteiger partial charge in [0.05, 0.1) is 17.9 Å². The molecule has 0 fully saturated rings. The molecule has 1 aliphatic rings. The van der Waals surface area contributed by atoms with Gasteiger partial charge in [-0.3, -0.25) is 4.90 Å². The van der Waals surface area contributed by atoms with E-state index in [9.17, 15) is 4.79 Å². The Balaban J connectivity index is 1.73. The molecule has 1 aliphatic heterocycles. The van der Waals surface area contributed by atoms with Crippen molar-refractivity contribution in [3.8, 4) is 5.69 Å². The zero-order valence-electron chi connectivity index (χ0n) is 15.5. The minimum atomic E-state index is -0.201. The first-order valence-corrected chi connectivity index (χ1v) is 9.23. The minimum Gasteiger partial charge on any atom is -0.307 e. The number of amides is 2. The summed E-state index contributed by atoms with van der Waals surface area (Å²) in [4.78, 5) is 14.7. The zero-order valence-corrected chi connectivity index (χ0v) is 16.3. The summed E-state index contributed by atoms with van der Waals surface area (Å²) in [6.45, 7) is 6.84. The van der Waals surface area contributed by atoms with Crippen LogP contribution in [0.5, 0.6) is 0 Å². The van der Waals surface area contributed by atoms with Crippen LogP contribution in [0.25, 0.3) is 5.69 Å². The van der Waals surface area contributed by atoms with Gasteiger partial charge in [-0.2, -0.15) is 5.10 Å². The average molecular weight is 381 g/mol. The first-order valence-electron chi connectivity index (χ1n) is 8.86. The highest BCUT2D eigenvalue weighted by atomic mass is 35.5. The lowest BCUT2D eigenvalue weighted by atomic mass is 9.92. The number of hydrogen-bond donors (Lipinski definition) is 1. The van der Waals surface area contributed by atoms with Crippen LogP contribution in [0, 0.1) is 0 Å². The summed E-state index contributed by atoms with van der Waals surface area (Å²) in [5.74, 6) is 0.769. The van der Waals surface area contributed by atoms with Crippen molar-refractivity contribution >= 4 is 29.1 Å². The maximum Gasteiger partial charge on any atom is 0.327 e. The number of aromatic nitrogens is 2. The third-order valence-corrected chi connectivity index (χ3v) is 4.88. The number of urea groups is 1. The fourth-order valence-electron chi connectivity index (χ4n) is 3.11. The summed E-state index contributed by atoms with van der Waals surface area (Å²) >= 11 is 5.93. The van der Waals surface area contributed by atoms with Crippen LogP contribution in [-0.2, 0) is 12.0 Å². The largest absolute Gasteiger partial charge is 0.327 e. The van der Waals surface area contributed by atoms with Gasteiger partial charge >= 0.3 is 6.03 Å². The molecule has 1 aromatic heterocycles. The van der Waals surface area contributed by atoms with Crippen LogP contribution >= 0.6 is 11.6 Å². The summed E-state index contributed by atoms with van der Waals surface area (Å²) in [5, 5.41) is 8.37.